The summed E-state index contributed by atoms with van der Waals surface area (Å²) in [6.07, 6.45) is 3.89. The van der Waals surface area contributed by atoms with E-state index in [2.05, 4.69) is 4.90 Å². The normalized spacial score (nSPS) is 28.6. The van der Waals surface area contributed by atoms with Crippen LogP contribution in [0.25, 0.3) is 0 Å². The van der Waals surface area contributed by atoms with Crippen molar-refractivity contribution >= 4 is 6.09 Å². The summed E-state index contributed by atoms with van der Waals surface area (Å²) in [7, 11) is 0. The van der Waals surface area contributed by atoms with Crippen molar-refractivity contribution in [2.75, 3.05) is 26.2 Å². The Morgan fingerprint density at radius 3 is 2.57 bits per heavy atom. The van der Waals surface area contributed by atoms with E-state index in [1.165, 1.54) is 12.8 Å². The van der Waals surface area contributed by atoms with Gasteiger partial charge in [0.2, 0.25) is 0 Å². The van der Waals surface area contributed by atoms with Crippen LogP contribution < -0.4 is 0 Å². The van der Waals surface area contributed by atoms with Gasteiger partial charge in [0, 0.05) is 19.1 Å². The summed E-state index contributed by atoms with van der Waals surface area (Å²) in [5, 5.41) is 8.96. The van der Waals surface area contributed by atoms with E-state index >= 15 is 0 Å². The zero-order valence-electron chi connectivity index (χ0n) is 8.48. The minimum atomic E-state index is -0.744. The van der Waals surface area contributed by atoms with Crippen LogP contribution in [0, 0.1) is 0 Å². The van der Waals surface area contributed by atoms with Crippen LogP contribution in [0.3, 0.4) is 0 Å². The van der Waals surface area contributed by atoms with Crippen molar-refractivity contribution < 1.29 is 9.90 Å². The average Bonchev–Trinajstić information content (AvgIpc) is 2.75. The van der Waals surface area contributed by atoms with Crippen LogP contribution in [-0.2, 0) is 0 Å². The van der Waals surface area contributed by atoms with E-state index in [-0.39, 0.29) is 6.04 Å². The summed E-state index contributed by atoms with van der Waals surface area (Å²) < 4.78 is 0. The summed E-state index contributed by atoms with van der Waals surface area (Å²) in [6, 6.07) is 0.255. The summed E-state index contributed by atoms with van der Waals surface area (Å²) in [5.74, 6) is 0. The van der Waals surface area contributed by atoms with Crippen molar-refractivity contribution in [1.82, 2.24) is 9.80 Å². The molecule has 2 heterocycles. The maximum absolute atomic E-state index is 10.9. The first-order chi connectivity index (χ1) is 6.77. The highest BCUT2D eigenvalue weighted by atomic mass is 16.4. The lowest BCUT2D eigenvalue weighted by molar-refractivity contribution is 0.129. The van der Waals surface area contributed by atoms with Crippen molar-refractivity contribution in [2.24, 2.45) is 0 Å². The van der Waals surface area contributed by atoms with Gasteiger partial charge in [-0.3, -0.25) is 0 Å². The minimum absolute atomic E-state index is 0.255. The molecule has 2 aliphatic heterocycles. The summed E-state index contributed by atoms with van der Waals surface area (Å²) in [4.78, 5) is 14.9. The first-order valence-electron chi connectivity index (χ1n) is 5.49. The van der Waals surface area contributed by atoms with Gasteiger partial charge >= 0.3 is 6.09 Å². The molecule has 1 N–H and O–H groups in total. The van der Waals surface area contributed by atoms with Gasteiger partial charge in [-0.2, -0.15) is 0 Å². The molecule has 0 saturated carbocycles. The summed E-state index contributed by atoms with van der Waals surface area (Å²) in [6.45, 7) is 3.99. The van der Waals surface area contributed by atoms with Crippen molar-refractivity contribution in [2.45, 2.75) is 31.7 Å². The third-order valence-corrected chi connectivity index (χ3v) is 3.29. The van der Waals surface area contributed by atoms with Crippen LogP contribution in [-0.4, -0.2) is 53.2 Å². The molecule has 0 aromatic carbocycles. The Kier molecular flexibility index (Phi) is 2.91. The van der Waals surface area contributed by atoms with Gasteiger partial charge in [-0.25, -0.2) is 4.79 Å². The molecule has 0 aliphatic carbocycles. The number of carbonyl (C=O) groups is 1. The van der Waals surface area contributed by atoms with E-state index in [9.17, 15) is 4.79 Å². The summed E-state index contributed by atoms with van der Waals surface area (Å²) in [5.41, 5.74) is 0. The van der Waals surface area contributed by atoms with Crippen LogP contribution in [0.5, 0.6) is 0 Å². The topological polar surface area (TPSA) is 43.8 Å². The van der Waals surface area contributed by atoms with Gasteiger partial charge < -0.3 is 14.9 Å². The third kappa shape index (κ3) is 2.00. The standard InChI is InChI=1S/C10H18N2O2/c13-10(14)12-7-3-4-9(12)8-11-5-1-2-6-11/h9H,1-8H2,(H,13,14)/t9-/m1/s1. The smallest absolute Gasteiger partial charge is 0.407 e. The Hall–Kier alpha value is -0.770. The predicted octanol–water partition coefficient (Wildman–Crippen LogP) is 1.22. The molecular formula is C10H18N2O2. The molecule has 2 fully saturated rings. The molecule has 2 aliphatic rings. The number of hydrogen-bond donors (Lipinski definition) is 1. The van der Waals surface area contributed by atoms with Crippen LogP contribution in [0.1, 0.15) is 25.7 Å². The molecule has 80 valence electrons. The molecule has 0 radical (unpaired) electrons. The molecule has 4 nitrogen and oxygen atoms in total. The van der Waals surface area contributed by atoms with E-state index in [1.807, 2.05) is 0 Å². The number of likely N-dealkylation sites (tertiary alicyclic amines) is 2. The Bertz CT molecular complexity index is 214. The lowest BCUT2D eigenvalue weighted by Gasteiger charge is -2.26. The van der Waals surface area contributed by atoms with Crippen LogP contribution in [0.2, 0.25) is 0 Å². The van der Waals surface area contributed by atoms with E-state index in [0.717, 1.165) is 39.0 Å². The second-order valence-corrected chi connectivity index (χ2v) is 4.28. The second-order valence-electron chi connectivity index (χ2n) is 4.28. The molecule has 1 amide bonds. The first-order valence-corrected chi connectivity index (χ1v) is 5.49. The molecule has 0 aromatic rings. The van der Waals surface area contributed by atoms with Gasteiger partial charge in [0.15, 0.2) is 0 Å². The molecule has 0 bridgehead atoms. The van der Waals surface area contributed by atoms with Gasteiger partial charge in [-0.15, -0.1) is 0 Å². The van der Waals surface area contributed by atoms with E-state index < -0.39 is 6.09 Å². The molecule has 14 heavy (non-hydrogen) atoms. The molecule has 2 saturated heterocycles. The molecule has 0 unspecified atom stereocenters. The third-order valence-electron chi connectivity index (χ3n) is 3.29. The second kappa shape index (κ2) is 4.17. The zero-order chi connectivity index (χ0) is 9.97. The van der Waals surface area contributed by atoms with E-state index in [1.54, 1.807) is 4.90 Å². The van der Waals surface area contributed by atoms with Crippen LogP contribution >= 0.6 is 0 Å². The predicted molar refractivity (Wildman–Crippen MR) is 53.4 cm³/mol. The Labute approximate surface area is 84.5 Å². The molecule has 0 spiro atoms. The first kappa shape index (κ1) is 9.77. The van der Waals surface area contributed by atoms with Gasteiger partial charge in [-0.1, -0.05) is 0 Å². The van der Waals surface area contributed by atoms with Gasteiger partial charge in [-0.05, 0) is 38.8 Å². The minimum Gasteiger partial charge on any atom is -0.465 e. The number of rotatable bonds is 2. The lowest BCUT2D eigenvalue weighted by Crippen LogP contribution is -2.41. The fourth-order valence-corrected chi connectivity index (χ4v) is 2.54. The van der Waals surface area contributed by atoms with Crippen molar-refractivity contribution in [3.63, 3.8) is 0 Å². The highest BCUT2D eigenvalue weighted by molar-refractivity contribution is 5.65. The lowest BCUT2D eigenvalue weighted by atomic mass is 10.2. The zero-order valence-corrected chi connectivity index (χ0v) is 8.48. The fraction of sp³-hybridized carbons (Fsp3) is 0.900. The van der Waals surface area contributed by atoms with Gasteiger partial charge in [0.1, 0.15) is 0 Å². The highest BCUT2D eigenvalue weighted by Crippen LogP contribution is 2.20. The van der Waals surface area contributed by atoms with Crippen molar-refractivity contribution in [3.8, 4) is 0 Å². The maximum atomic E-state index is 10.9. The quantitative estimate of drug-likeness (QED) is 0.725. The fourth-order valence-electron chi connectivity index (χ4n) is 2.54. The Morgan fingerprint density at radius 1 is 1.21 bits per heavy atom. The van der Waals surface area contributed by atoms with Crippen LogP contribution in [0.15, 0.2) is 0 Å². The van der Waals surface area contributed by atoms with E-state index in [0.29, 0.717) is 0 Å². The average molecular weight is 198 g/mol. The monoisotopic (exact) mass is 198 g/mol. The largest absolute Gasteiger partial charge is 0.465 e. The van der Waals surface area contributed by atoms with Crippen molar-refractivity contribution in [1.29, 1.82) is 0 Å². The molecule has 2 rings (SSSR count). The summed E-state index contributed by atoms with van der Waals surface area (Å²) >= 11 is 0. The molecule has 0 aromatic heterocycles. The molecule has 1 atom stereocenters. The highest BCUT2D eigenvalue weighted by Gasteiger charge is 2.30. The van der Waals surface area contributed by atoms with E-state index in [4.69, 9.17) is 5.11 Å². The van der Waals surface area contributed by atoms with Crippen LogP contribution in [0.4, 0.5) is 4.79 Å². The molecule has 4 heteroatoms. The number of carboxylic acid groups (broad SMARTS) is 1. The van der Waals surface area contributed by atoms with Gasteiger partial charge in [0.25, 0.3) is 0 Å². The maximum Gasteiger partial charge on any atom is 0.407 e. The molecular weight excluding hydrogens is 180 g/mol. The SMILES string of the molecule is O=C(O)N1CCC[C@@H]1CN1CCCC1. The number of amides is 1. The van der Waals surface area contributed by atoms with Gasteiger partial charge in [0.05, 0.1) is 0 Å². The Balaban J connectivity index is 1.86. The number of hydrogen-bond acceptors (Lipinski definition) is 2. The Morgan fingerprint density at radius 2 is 1.93 bits per heavy atom. The number of nitrogens with zero attached hydrogens (tertiary/aromatic N) is 2. The van der Waals surface area contributed by atoms with Crippen molar-refractivity contribution in [3.05, 3.63) is 0 Å².